The van der Waals surface area contributed by atoms with E-state index < -0.39 is 0 Å². The molecule has 0 saturated carbocycles. The van der Waals surface area contributed by atoms with Gasteiger partial charge in [0, 0.05) is 11.6 Å². The fourth-order valence-electron chi connectivity index (χ4n) is 2.11. The van der Waals surface area contributed by atoms with Crippen LogP contribution in [-0.2, 0) is 6.54 Å². The van der Waals surface area contributed by atoms with Crippen molar-refractivity contribution in [2.75, 3.05) is 0 Å². The Hall–Kier alpha value is -2.12. The standard InChI is InChI=1S/C14H16N6S/c1-2-12(14-15-8-9-21-14)16-10-13-17-18-19-20(13)11-6-4-3-5-7-11/h3-9,12,16H,2,10H2,1H3. The number of hydrogen-bond donors (Lipinski definition) is 1. The van der Waals surface area contributed by atoms with Gasteiger partial charge in [0.05, 0.1) is 18.3 Å². The first-order valence-electron chi connectivity index (χ1n) is 6.84. The first kappa shape index (κ1) is 13.8. The van der Waals surface area contributed by atoms with Gasteiger partial charge in [0.25, 0.3) is 0 Å². The van der Waals surface area contributed by atoms with Crippen molar-refractivity contribution in [1.29, 1.82) is 0 Å². The molecule has 0 aliphatic carbocycles. The number of tetrazole rings is 1. The molecule has 6 nitrogen and oxygen atoms in total. The van der Waals surface area contributed by atoms with E-state index in [1.54, 1.807) is 16.0 Å². The van der Waals surface area contributed by atoms with Crippen molar-refractivity contribution < 1.29 is 0 Å². The molecule has 1 aromatic carbocycles. The monoisotopic (exact) mass is 300 g/mol. The van der Waals surface area contributed by atoms with Crippen LogP contribution in [0.5, 0.6) is 0 Å². The molecule has 21 heavy (non-hydrogen) atoms. The lowest BCUT2D eigenvalue weighted by molar-refractivity contribution is 0.501. The maximum atomic E-state index is 4.37. The average Bonchev–Trinajstić information content (AvgIpc) is 3.20. The van der Waals surface area contributed by atoms with Crippen LogP contribution in [0.1, 0.15) is 30.2 Å². The predicted octanol–water partition coefficient (Wildman–Crippen LogP) is 2.36. The molecular formula is C14H16N6S. The highest BCUT2D eigenvalue weighted by atomic mass is 32.1. The Kier molecular flexibility index (Phi) is 4.32. The van der Waals surface area contributed by atoms with E-state index in [4.69, 9.17) is 0 Å². The number of aromatic nitrogens is 5. The minimum absolute atomic E-state index is 0.228. The molecule has 0 saturated heterocycles. The summed E-state index contributed by atoms with van der Waals surface area (Å²) in [6.45, 7) is 2.74. The van der Waals surface area contributed by atoms with E-state index in [1.807, 2.05) is 41.9 Å². The molecule has 0 amide bonds. The summed E-state index contributed by atoms with van der Waals surface area (Å²) >= 11 is 1.66. The maximum absolute atomic E-state index is 4.37. The zero-order valence-electron chi connectivity index (χ0n) is 11.7. The largest absolute Gasteiger partial charge is 0.301 e. The van der Waals surface area contributed by atoms with Gasteiger partial charge in [-0.15, -0.1) is 16.4 Å². The van der Waals surface area contributed by atoms with Gasteiger partial charge in [0.1, 0.15) is 5.01 Å². The summed E-state index contributed by atoms with van der Waals surface area (Å²) in [6, 6.07) is 10.1. The van der Waals surface area contributed by atoms with Gasteiger partial charge in [0.15, 0.2) is 5.82 Å². The van der Waals surface area contributed by atoms with E-state index in [-0.39, 0.29) is 6.04 Å². The topological polar surface area (TPSA) is 68.5 Å². The Bertz CT molecular complexity index is 664. The molecule has 0 radical (unpaired) electrons. The molecule has 0 spiro atoms. The second kappa shape index (κ2) is 6.55. The van der Waals surface area contributed by atoms with E-state index >= 15 is 0 Å². The third kappa shape index (κ3) is 3.14. The Balaban J connectivity index is 1.73. The summed E-state index contributed by atoms with van der Waals surface area (Å²) in [5.74, 6) is 0.788. The zero-order valence-corrected chi connectivity index (χ0v) is 12.5. The molecule has 0 aliphatic heterocycles. The molecule has 3 aromatic rings. The van der Waals surface area contributed by atoms with Gasteiger partial charge in [-0.25, -0.2) is 4.98 Å². The number of hydrogen-bond acceptors (Lipinski definition) is 6. The molecule has 3 rings (SSSR count). The summed E-state index contributed by atoms with van der Waals surface area (Å²) in [5, 5.41) is 18.5. The van der Waals surface area contributed by atoms with Crippen LogP contribution >= 0.6 is 11.3 Å². The van der Waals surface area contributed by atoms with Crippen molar-refractivity contribution in [3.05, 3.63) is 52.7 Å². The van der Waals surface area contributed by atoms with E-state index in [0.717, 1.165) is 22.9 Å². The van der Waals surface area contributed by atoms with Crippen molar-refractivity contribution >= 4 is 11.3 Å². The molecule has 1 unspecified atom stereocenters. The highest BCUT2D eigenvalue weighted by Gasteiger charge is 2.14. The molecule has 1 N–H and O–H groups in total. The Morgan fingerprint density at radius 1 is 1.29 bits per heavy atom. The molecule has 0 bridgehead atoms. The van der Waals surface area contributed by atoms with Gasteiger partial charge >= 0.3 is 0 Å². The quantitative estimate of drug-likeness (QED) is 0.757. The van der Waals surface area contributed by atoms with Crippen molar-refractivity contribution in [2.24, 2.45) is 0 Å². The minimum atomic E-state index is 0.228. The van der Waals surface area contributed by atoms with Crippen LogP contribution in [0.25, 0.3) is 5.69 Å². The molecule has 0 aliphatic rings. The Morgan fingerprint density at radius 2 is 2.14 bits per heavy atom. The van der Waals surface area contributed by atoms with Crippen LogP contribution in [0.15, 0.2) is 41.9 Å². The zero-order chi connectivity index (χ0) is 14.5. The fraction of sp³-hybridized carbons (Fsp3) is 0.286. The number of nitrogens with zero attached hydrogens (tertiary/aromatic N) is 5. The molecule has 2 heterocycles. The van der Waals surface area contributed by atoms with Gasteiger partial charge in [-0.05, 0) is 29.0 Å². The van der Waals surface area contributed by atoms with Crippen LogP contribution in [0.2, 0.25) is 0 Å². The average molecular weight is 300 g/mol. The number of benzene rings is 1. The maximum Gasteiger partial charge on any atom is 0.170 e. The molecule has 1 atom stereocenters. The SMILES string of the molecule is CCC(NCc1nnnn1-c1ccccc1)c1nccs1. The third-order valence-corrected chi connectivity index (χ3v) is 4.09. The Morgan fingerprint density at radius 3 is 2.86 bits per heavy atom. The van der Waals surface area contributed by atoms with E-state index in [1.165, 1.54) is 0 Å². The van der Waals surface area contributed by atoms with E-state index in [2.05, 4.69) is 32.7 Å². The first-order valence-corrected chi connectivity index (χ1v) is 7.72. The van der Waals surface area contributed by atoms with Crippen LogP contribution in [0.3, 0.4) is 0 Å². The van der Waals surface area contributed by atoms with Crippen molar-refractivity contribution in [1.82, 2.24) is 30.5 Å². The second-order valence-electron chi connectivity index (χ2n) is 4.55. The lowest BCUT2D eigenvalue weighted by atomic mass is 10.2. The number of thiazole rings is 1. The highest BCUT2D eigenvalue weighted by molar-refractivity contribution is 7.09. The highest BCUT2D eigenvalue weighted by Crippen LogP contribution is 2.19. The van der Waals surface area contributed by atoms with Crippen molar-refractivity contribution in [3.8, 4) is 5.69 Å². The summed E-state index contributed by atoms with van der Waals surface area (Å²) in [6.07, 6.45) is 2.80. The second-order valence-corrected chi connectivity index (χ2v) is 5.48. The van der Waals surface area contributed by atoms with Crippen molar-refractivity contribution in [3.63, 3.8) is 0 Å². The molecular weight excluding hydrogens is 284 g/mol. The summed E-state index contributed by atoms with van der Waals surface area (Å²) in [4.78, 5) is 4.37. The molecule has 2 aromatic heterocycles. The summed E-state index contributed by atoms with van der Waals surface area (Å²) in [5.41, 5.74) is 0.960. The van der Waals surface area contributed by atoms with E-state index in [0.29, 0.717) is 6.54 Å². The number of rotatable bonds is 6. The smallest absolute Gasteiger partial charge is 0.170 e. The van der Waals surface area contributed by atoms with Gasteiger partial charge in [-0.1, -0.05) is 25.1 Å². The van der Waals surface area contributed by atoms with Gasteiger partial charge in [-0.2, -0.15) is 4.68 Å². The molecule has 108 valence electrons. The van der Waals surface area contributed by atoms with Crippen molar-refractivity contribution in [2.45, 2.75) is 25.9 Å². The molecule has 7 heteroatoms. The minimum Gasteiger partial charge on any atom is -0.301 e. The van der Waals surface area contributed by atoms with Crippen LogP contribution < -0.4 is 5.32 Å². The predicted molar refractivity (Wildman–Crippen MR) is 81.1 cm³/mol. The van der Waals surface area contributed by atoms with Gasteiger partial charge < -0.3 is 5.32 Å². The van der Waals surface area contributed by atoms with Gasteiger partial charge in [-0.3, -0.25) is 0 Å². The van der Waals surface area contributed by atoms with Crippen LogP contribution in [0, 0.1) is 0 Å². The van der Waals surface area contributed by atoms with E-state index in [9.17, 15) is 0 Å². The molecule has 0 fully saturated rings. The first-order chi connectivity index (χ1) is 10.4. The summed E-state index contributed by atoms with van der Waals surface area (Å²) < 4.78 is 1.75. The Labute approximate surface area is 126 Å². The lowest BCUT2D eigenvalue weighted by Crippen LogP contribution is -2.22. The van der Waals surface area contributed by atoms with Crippen LogP contribution in [-0.4, -0.2) is 25.2 Å². The van der Waals surface area contributed by atoms with Gasteiger partial charge in [0.2, 0.25) is 0 Å². The fourth-order valence-corrected chi connectivity index (χ4v) is 2.91. The normalized spacial score (nSPS) is 12.4. The number of para-hydroxylation sites is 1. The third-order valence-electron chi connectivity index (χ3n) is 3.20. The van der Waals surface area contributed by atoms with Crippen LogP contribution in [0.4, 0.5) is 0 Å². The number of nitrogens with one attached hydrogen (secondary N) is 1. The lowest BCUT2D eigenvalue weighted by Gasteiger charge is -2.13. The summed E-state index contributed by atoms with van der Waals surface area (Å²) in [7, 11) is 0.